The molecule has 0 saturated carbocycles. The first kappa shape index (κ1) is 17.2. The molecule has 132 valence electrons. The molecule has 0 atom stereocenters. The summed E-state index contributed by atoms with van der Waals surface area (Å²) < 4.78 is 5.16. The van der Waals surface area contributed by atoms with Gasteiger partial charge < -0.3 is 15.0 Å². The van der Waals surface area contributed by atoms with Crippen molar-refractivity contribution in [3.05, 3.63) is 47.4 Å². The van der Waals surface area contributed by atoms with E-state index in [9.17, 15) is 4.79 Å². The van der Waals surface area contributed by atoms with Crippen molar-refractivity contribution >= 4 is 11.7 Å². The predicted octanol–water partition coefficient (Wildman–Crippen LogP) is 3.03. The van der Waals surface area contributed by atoms with Gasteiger partial charge in [0.05, 0.1) is 7.11 Å². The summed E-state index contributed by atoms with van der Waals surface area (Å²) in [6, 6.07) is 9.59. The van der Waals surface area contributed by atoms with E-state index in [1.54, 1.807) is 13.2 Å². The highest BCUT2D eigenvalue weighted by Crippen LogP contribution is 2.16. The van der Waals surface area contributed by atoms with Crippen LogP contribution in [0.15, 0.2) is 30.3 Å². The van der Waals surface area contributed by atoms with E-state index < -0.39 is 0 Å². The molecule has 25 heavy (non-hydrogen) atoms. The van der Waals surface area contributed by atoms with Crippen LogP contribution in [0.1, 0.15) is 41.1 Å². The molecule has 1 aromatic heterocycles. The molecule has 1 aromatic carbocycles. The molecule has 1 fully saturated rings. The Balaban J connectivity index is 1.68. The minimum Gasteiger partial charge on any atom is -0.497 e. The van der Waals surface area contributed by atoms with Crippen molar-refractivity contribution in [2.45, 2.75) is 32.7 Å². The monoisotopic (exact) mass is 340 g/mol. The first-order valence-electron chi connectivity index (χ1n) is 8.67. The number of likely N-dealkylation sites (tertiary alicyclic amines) is 1. The fourth-order valence-corrected chi connectivity index (χ4v) is 2.96. The molecule has 2 heterocycles. The van der Waals surface area contributed by atoms with Gasteiger partial charge >= 0.3 is 0 Å². The molecule has 3 rings (SSSR count). The molecule has 6 nitrogen and oxygen atoms in total. The van der Waals surface area contributed by atoms with E-state index in [4.69, 9.17) is 4.74 Å². The summed E-state index contributed by atoms with van der Waals surface area (Å²) in [6.45, 7) is 4.07. The smallest absolute Gasteiger partial charge is 0.272 e. The van der Waals surface area contributed by atoms with Crippen molar-refractivity contribution in [1.82, 2.24) is 14.9 Å². The van der Waals surface area contributed by atoms with E-state index in [-0.39, 0.29) is 5.91 Å². The first-order valence-corrected chi connectivity index (χ1v) is 8.67. The second-order valence-corrected chi connectivity index (χ2v) is 6.24. The third kappa shape index (κ3) is 4.47. The van der Waals surface area contributed by atoms with E-state index in [0.29, 0.717) is 23.9 Å². The zero-order valence-electron chi connectivity index (χ0n) is 14.8. The molecule has 0 bridgehead atoms. The highest BCUT2D eigenvalue weighted by atomic mass is 16.5. The van der Waals surface area contributed by atoms with Gasteiger partial charge in [0.25, 0.3) is 5.91 Å². The highest BCUT2D eigenvalue weighted by molar-refractivity contribution is 5.93. The number of benzene rings is 1. The van der Waals surface area contributed by atoms with Crippen LogP contribution >= 0.6 is 0 Å². The number of nitrogens with zero attached hydrogens (tertiary/aromatic N) is 3. The number of nitrogens with one attached hydrogen (secondary N) is 1. The van der Waals surface area contributed by atoms with E-state index in [1.807, 2.05) is 36.1 Å². The molecule has 0 radical (unpaired) electrons. The normalized spacial score (nSPS) is 14.2. The molecule has 1 N–H and O–H groups in total. The lowest BCUT2D eigenvalue weighted by atomic mass is 10.1. The Bertz CT molecular complexity index is 725. The third-order valence-corrected chi connectivity index (χ3v) is 4.33. The summed E-state index contributed by atoms with van der Waals surface area (Å²) in [5.41, 5.74) is 1.58. The number of methoxy groups -OCH3 is 1. The van der Waals surface area contributed by atoms with Crippen molar-refractivity contribution in [3.8, 4) is 5.75 Å². The number of ether oxygens (including phenoxy) is 1. The van der Waals surface area contributed by atoms with Crippen molar-refractivity contribution < 1.29 is 9.53 Å². The van der Waals surface area contributed by atoms with E-state index in [1.165, 1.54) is 6.42 Å². The van der Waals surface area contributed by atoms with E-state index in [2.05, 4.69) is 15.3 Å². The molecule has 0 spiro atoms. The number of aromatic nitrogens is 2. The maximum atomic E-state index is 12.6. The van der Waals surface area contributed by atoms with Gasteiger partial charge in [-0.05, 0) is 43.9 Å². The van der Waals surface area contributed by atoms with Crippen molar-refractivity contribution in [2.75, 3.05) is 25.5 Å². The number of rotatable bonds is 5. The van der Waals surface area contributed by atoms with Gasteiger partial charge in [-0.15, -0.1) is 0 Å². The maximum absolute atomic E-state index is 12.6. The number of hydrogen-bond acceptors (Lipinski definition) is 5. The van der Waals surface area contributed by atoms with Crippen LogP contribution in [-0.2, 0) is 6.54 Å². The van der Waals surface area contributed by atoms with Crippen LogP contribution in [0.2, 0.25) is 0 Å². The number of carbonyl (C=O) groups excluding carboxylic acids is 1. The summed E-state index contributed by atoms with van der Waals surface area (Å²) in [5.74, 6) is 2.09. The Kier molecular flexibility index (Phi) is 5.48. The first-order chi connectivity index (χ1) is 12.2. The average Bonchev–Trinajstić information content (AvgIpc) is 2.66. The zero-order chi connectivity index (χ0) is 17.6. The lowest BCUT2D eigenvalue weighted by Crippen LogP contribution is -2.36. The highest BCUT2D eigenvalue weighted by Gasteiger charge is 2.20. The third-order valence-electron chi connectivity index (χ3n) is 4.33. The van der Waals surface area contributed by atoms with Crippen LogP contribution in [0.5, 0.6) is 5.75 Å². The summed E-state index contributed by atoms with van der Waals surface area (Å²) in [5, 5.41) is 3.27. The lowest BCUT2D eigenvalue weighted by Gasteiger charge is -2.26. The quantitative estimate of drug-likeness (QED) is 0.906. The molecule has 6 heteroatoms. The van der Waals surface area contributed by atoms with E-state index >= 15 is 0 Å². The van der Waals surface area contributed by atoms with Crippen LogP contribution in [0, 0.1) is 6.92 Å². The number of amides is 1. The van der Waals surface area contributed by atoms with Crippen molar-refractivity contribution in [3.63, 3.8) is 0 Å². The summed E-state index contributed by atoms with van der Waals surface area (Å²) in [6.07, 6.45) is 3.33. The molecule has 1 aliphatic heterocycles. The number of carbonyl (C=O) groups is 1. The largest absolute Gasteiger partial charge is 0.497 e. The molecule has 1 aliphatic rings. The standard InChI is InChI=1S/C19H24N4O2/c1-14-21-17(19(24)23-10-4-3-5-11-23)12-18(22-14)20-13-15-6-8-16(25-2)9-7-15/h6-9,12H,3-5,10-11,13H2,1-2H3,(H,20,21,22). The molecule has 1 amide bonds. The van der Waals surface area contributed by atoms with Crippen molar-refractivity contribution in [2.24, 2.45) is 0 Å². The van der Waals surface area contributed by atoms with E-state index in [0.717, 1.165) is 37.2 Å². The van der Waals surface area contributed by atoms with Gasteiger partial charge in [0.15, 0.2) is 0 Å². The molecular weight excluding hydrogens is 316 g/mol. The van der Waals surface area contributed by atoms with Gasteiger partial charge in [0, 0.05) is 25.7 Å². The van der Waals surface area contributed by atoms with Gasteiger partial charge in [0.1, 0.15) is 23.1 Å². The summed E-state index contributed by atoms with van der Waals surface area (Å²) >= 11 is 0. The fourth-order valence-electron chi connectivity index (χ4n) is 2.96. The SMILES string of the molecule is COc1ccc(CNc2cc(C(=O)N3CCCCC3)nc(C)n2)cc1. The maximum Gasteiger partial charge on any atom is 0.272 e. The van der Waals surface area contributed by atoms with Gasteiger partial charge in [-0.2, -0.15) is 0 Å². The van der Waals surface area contributed by atoms with Gasteiger partial charge in [-0.1, -0.05) is 12.1 Å². The summed E-state index contributed by atoms with van der Waals surface area (Å²) in [7, 11) is 1.65. The molecule has 0 unspecified atom stereocenters. The number of aryl methyl sites for hydroxylation is 1. The number of piperidine rings is 1. The van der Waals surface area contributed by atoms with Gasteiger partial charge in [-0.3, -0.25) is 4.79 Å². The predicted molar refractivity (Wildman–Crippen MR) is 96.8 cm³/mol. The average molecular weight is 340 g/mol. The molecular formula is C19H24N4O2. The van der Waals surface area contributed by atoms with Crippen LogP contribution in [0.25, 0.3) is 0 Å². The Morgan fingerprint density at radius 3 is 2.56 bits per heavy atom. The summed E-state index contributed by atoms with van der Waals surface area (Å²) in [4.78, 5) is 23.3. The Hall–Kier alpha value is -2.63. The van der Waals surface area contributed by atoms with Crippen LogP contribution in [-0.4, -0.2) is 41.0 Å². The lowest BCUT2D eigenvalue weighted by molar-refractivity contribution is 0.0718. The topological polar surface area (TPSA) is 67.3 Å². The van der Waals surface area contributed by atoms with Crippen molar-refractivity contribution in [1.29, 1.82) is 0 Å². The Morgan fingerprint density at radius 1 is 1.16 bits per heavy atom. The minimum absolute atomic E-state index is 0.00213. The zero-order valence-corrected chi connectivity index (χ0v) is 14.8. The fraction of sp³-hybridized carbons (Fsp3) is 0.421. The van der Waals surface area contributed by atoms with Crippen LogP contribution in [0.4, 0.5) is 5.82 Å². The second kappa shape index (κ2) is 7.96. The number of anilines is 1. The van der Waals surface area contributed by atoms with Crippen LogP contribution in [0.3, 0.4) is 0 Å². The second-order valence-electron chi connectivity index (χ2n) is 6.24. The molecule has 2 aromatic rings. The Labute approximate surface area is 148 Å². The number of hydrogen-bond donors (Lipinski definition) is 1. The van der Waals surface area contributed by atoms with Gasteiger partial charge in [-0.25, -0.2) is 9.97 Å². The minimum atomic E-state index is -0.00213. The van der Waals surface area contributed by atoms with Crippen LogP contribution < -0.4 is 10.1 Å². The molecule has 1 saturated heterocycles. The van der Waals surface area contributed by atoms with Gasteiger partial charge in [0.2, 0.25) is 0 Å². The molecule has 0 aliphatic carbocycles. The Morgan fingerprint density at radius 2 is 1.88 bits per heavy atom.